The van der Waals surface area contributed by atoms with E-state index in [2.05, 4.69) is 68.3 Å². The highest BCUT2D eigenvalue weighted by Crippen LogP contribution is 2.55. The van der Waals surface area contributed by atoms with Gasteiger partial charge in [0.1, 0.15) is 11.6 Å². The lowest BCUT2D eigenvalue weighted by Crippen LogP contribution is -2.49. The van der Waals surface area contributed by atoms with Gasteiger partial charge in [0.05, 0.1) is 47.9 Å². The lowest BCUT2D eigenvalue weighted by molar-refractivity contribution is -0.127. The molecule has 4 aliphatic rings. The van der Waals surface area contributed by atoms with Crippen molar-refractivity contribution < 1.29 is 29.4 Å². The summed E-state index contributed by atoms with van der Waals surface area (Å²) in [5.74, 6) is 1.59. The molecule has 52 heavy (non-hydrogen) atoms. The van der Waals surface area contributed by atoms with Crippen molar-refractivity contribution in [1.82, 2.24) is 40.4 Å². The summed E-state index contributed by atoms with van der Waals surface area (Å²) in [6.45, 7) is 3.81. The van der Waals surface area contributed by atoms with Gasteiger partial charge in [-0.05, 0) is 72.6 Å². The highest BCUT2D eigenvalue weighted by Gasteiger charge is 2.57. The van der Waals surface area contributed by atoms with Crippen LogP contribution < -0.4 is 10.6 Å². The number of imidazole rings is 2. The number of carbonyl (C=O) groups excluding carboxylic acids is 2. The Bertz CT molecular complexity index is 1860. The number of fused-ring (bicyclic) bond motifs is 2. The number of carbonyl (C=O) groups is 4. The van der Waals surface area contributed by atoms with Crippen molar-refractivity contribution in [2.24, 2.45) is 11.8 Å². The molecular formula is C38H42N8O6. The minimum absolute atomic E-state index is 0.0768. The van der Waals surface area contributed by atoms with Crippen molar-refractivity contribution in [3.05, 3.63) is 72.6 Å². The Morgan fingerprint density at radius 2 is 1.02 bits per heavy atom. The molecule has 6 N–H and O–H groups in total. The number of amides is 4. The molecule has 2 aromatic heterocycles. The molecule has 8 rings (SSSR count). The largest absolute Gasteiger partial charge is 0.465 e. The van der Waals surface area contributed by atoms with E-state index in [0.29, 0.717) is 24.7 Å². The smallest absolute Gasteiger partial charge is 0.411 e. The van der Waals surface area contributed by atoms with E-state index in [1.54, 1.807) is 0 Å². The lowest BCUT2D eigenvalue weighted by atomic mass is 10.0. The van der Waals surface area contributed by atoms with Crippen LogP contribution in [0, 0.1) is 11.8 Å². The molecule has 2 saturated heterocycles. The van der Waals surface area contributed by atoms with Gasteiger partial charge >= 0.3 is 12.2 Å². The number of rotatable bonds is 11. The number of H-pyrrole nitrogens is 2. The van der Waals surface area contributed by atoms with Crippen LogP contribution in [0.15, 0.2) is 60.9 Å². The Morgan fingerprint density at radius 1 is 0.654 bits per heavy atom. The van der Waals surface area contributed by atoms with Crippen LogP contribution in [0.4, 0.5) is 9.59 Å². The van der Waals surface area contributed by atoms with Gasteiger partial charge in [0.15, 0.2) is 0 Å². The molecule has 0 spiro atoms. The first-order chi connectivity index (χ1) is 25.1. The minimum Gasteiger partial charge on any atom is -0.465 e. The first-order valence-corrected chi connectivity index (χ1v) is 18.1. The zero-order valence-electron chi connectivity index (χ0n) is 29.0. The number of nitrogens with one attached hydrogen (secondary N) is 4. The number of imide groups is 2. The van der Waals surface area contributed by atoms with Gasteiger partial charge in [0, 0.05) is 12.1 Å². The van der Waals surface area contributed by atoms with Gasteiger partial charge in [-0.15, -0.1) is 0 Å². The maximum absolute atomic E-state index is 12.7. The van der Waals surface area contributed by atoms with E-state index in [-0.39, 0.29) is 24.2 Å². The van der Waals surface area contributed by atoms with Crippen LogP contribution in [0.2, 0.25) is 0 Å². The standard InChI is InChI=1S/C38H42N8O6/c1-3-27(35(47)43-37(49)50)45-29-13-23(29)15-31(45)33-39-17-25(41-33)21-9-5-19(6-10-21)20-7-11-22(12-8-20)26-18-40-34(42-26)32-16-24-14-30(24)46(32)28(4-2)36(48)44-38(51)52/h5-12,17-18,23-24,27-32H,3-4,13-16H2,1-2H3,(H,39,41)(H,40,42)(H,43,47)(H,44,48)(H,49,50)(H,51,52)/t23-,24?,27-,28?,29-,30?,31-,32?/m0/s1. The Hall–Kier alpha value is -5.34. The molecule has 14 heteroatoms. The molecule has 2 aliphatic heterocycles. The first kappa shape index (κ1) is 33.8. The average Bonchev–Trinajstić information content (AvgIpc) is 3.73. The predicted octanol–water partition coefficient (Wildman–Crippen LogP) is 5.55. The fourth-order valence-electron chi connectivity index (χ4n) is 8.81. The molecule has 0 bridgehead atoms. The third-order valence-electron chi connectivity index (χ3n) is 11.4. The topological polar surface area (TPSA) is 197 Å². The Labute approximate surface area is 300 Å². The third kappa shape index (κ3) is 6.26. The van der Waals surface area contributed by atoms with Gasteiger partial charge in [-0.1, -0.05) is 62.4 Å². The molecule has 0 radical (unpaired) electrons. The Kier molecular flexibility index (Phi) is 8.66. The second-order valence-electron chi connectivity index (χ2n) is 14.5. The predicted molar refractivity (Wildman–Crippen MR) is 190 cm³/mol. The van der Waals surface area contributed by atoms with Crippen LogP contribution >= 0.6 is 0 Å². The van der Waals surface area contributed by atoms with E-state index < -0.39 is 36.1 Å². The second kappa shape index (κ2) is 13.3. The Balaban J connectivity index is 0.938. The molecule has 8 atom stereocenters. The summed E-state index contributed by atoms with van der Waals surface area (Å²) in [5, 5.41) is 22.3. The van der Waals surface area contributed by atoms with Crippen LogP contribution in [0.3, 0.4) is 0 Å². The molecule has 4 amide bonds. The summed E-state index contributed by atoms with van der Waals surface area (Å²) in [7, 11) is 0. The molecular weight excluding hydrogens is 664 g/mol. The van der Waals surface area contributed by atoms with Crippen molar-refractivity contribution in [2.75, 3.05) is 0 Å². The molecule has 270 valence electrons. The number of hydrogen-bond acceptors (Lipinski definition) is 8. The maximum atomic E-state index is 12.7. The van der Waals surface area contributed by atoms with Gasteiger partial charge in [-0.2, -0.15) is 0 Å². The normalized spacial score (nSPS) is 25.9. The van der Waals surface area contributed by atoms with Gasteiger partial charge in [0.2, 0.25) is 11.8 Å². The van der Waals surface area contributed by atoms with Crippen molar-refractivity contribution in [3.8, 4) is 33.6 Å². The highest BCUT2D eigenvalue weighted by molar-refractivity contribution is 5.94. The zero-order valence-corrected chi connectivity index (χ0v) is 29.0. The molecule has 2 saturated carbocycles. The SMILES string of the molecule is CCC(C(=O)NC(=O)O)N1C(c2ncc(-c3ccc(-c4ccc(-c5cnc([C@@H]6C[C@@H]7C[C@@H]7N6[C@@H](CC)C(=O)NC(=O)O)[nH]5)cc4)cc3)[nH]2)CC2CC21. The molecule has 4 unspecified atom stereocenters. The average molecular weight is 707 g/mol. The monoisotopic (exact) mass is 706 g/mol. The molecule has 4 aromatic rings. The summed E-state index contributed by atoms with van der Waals surface area (Å²) in [6, 6.07) is 15.8. The van der Waals surface area contributed by atoms with E-state index in [1.807, 2.05) is 36.9 Å². The summed E-state index contributed by atoms with van der Waals surface area (Å²) in [6.07, 6.45) is 5.79. The number of aromatic nitrogens is 4. The van der Waals surface area contributed by atoms with Crippen LogP contribution in [0.1, 0.15) is 76.1 Å². The van der Waals surface area contributed by atoms with Gasteiger partial charge in [0.25, 0.3) is 0 Å². The van der Waals surface area contributed by atoms with Crippen molar-refractivity contribution in [3.63, 3.8) is 0 Å². The molecule has 14 nitrogen and oxygen atoms in total. The Morgan fingerprint density at radius 3 is 1.37 bits per heavy atom. The number of carboxylic acid groups (broad SMARTS) is 2. The van der Waals surface area contributed by atoms with Crippen molar-refractivity contribution in [2.45, 2.75) is 88.6 Å². The zero-order chi connectivity index (χ0) is 36.3. The van der Waals surface area contributed by atoms with Crippen molar-refractivity contribution in [1.29, 1.82) is 0 Å². The number of aromatic amines is 2. The quantitative estimate of drug-likeness (QED) is 0.115. The summed E-state index contributed by atoms with van der Waals surface area (Å²) < 4.78 is 0. The lowest BCUT2D eigenvalue weighted by Gasteiger charge is -2.32. The first-order valence-electron chi connectivity index (χ1n) is 18.1. The van der Waals surface area contributed by atoms with Crippen LogP contribution in [-0.2, 0) is 9.59 Å². The molecule has 2 aliphatic carbocycles. The summed E-state index contributed by atoms with van der Waals surface area (Å²) in [4.78, 5) is 68.5. The van der Waals surface area contributed by atoms with Crippen LogP contribution in [0.5, 0.6) is 0 Å². The number of benzene rings is 2. The fraction of sp³-hybridized carbons (Fsp3) is 0.421. The number of likely N-dealkylation sites (tertiary alicyclic amines) is 2. The van der Waals surface area contributed by atoms with Crippen LogP contribution in [0.25, 0.3) is 33.6 Å². The van der Waals surface area contributed by atoms with Gasteiger partial charge in [-0.3, -0.25) is 30.0 Å². The molecule has 4 heterocycles. The second-order valence-corrected chi connectivity index (χ2v) is 14.5. The summed E-state index contributed by atoms with van der Waals surface area (Å²) >= 11 is 0. The van der Waals surface area contributed by atoms with Crippen molar-refractivity contribution >= 4 is 24.0 Å². The number of nitrogens with zero attached hydrogens (tertiary/aromatic N) is 4. The number of piperidine rings is 2. The fourth-order valence-corrected chi connectivity index (χ4v) is 8.81. The van der Waals surface area contributed by atoms with E-state index in [4.69, 9.17) is 20.2 Å². The molecule has 4 fully saturated rings. The third-order valence-corrected chi connectivity index (χ3v) is 11.4. The minimum atomic E-state index is -1.34. The summed E-state index contributed by atoms with van der Waals surface area (Å²) in [5.41, 5.74) is 5.84. The van der Waals surface area contributed by atoms with E-state index in [1.165, 1.54) is 0 Å². The van der Waals surface area contributed by atoms with E-state index >= 15 is 0 Å². The maximum Gasteiger partial charge on any atom is 0.411 e. The number of hydrogen-bond donors (Lipinski definition) is 6. The van der Waals surface area contributed by atoms with Crippen LogP contribution in [-0.4, -0.2) is 88.1 Å². The van der Waals surface area contributed by atoms with Gasteiger partial charge < -0.3 is 20.2 Å². The van der Waals surface area contributed by atoms with E-state index in [0.717, 1.165) is 71.0 Å². The highest BCUT2D eigenvalue weighted by atomic mass is 16.4. The molecule has 2 aromatic carbocycles. The van der Waals surface area contributed by atoms with E-state index in [9.17, 15) is 19.2 Å². The van der Waals surface area contributed by atoms with Gasteiger partial charge in [-0.25, -0.2) is 19.6 Å².